The zero-order chi connectivity index (χ0) is 15.5. The van der Waals surface area contributed by atoms with Crippen molar-refractivity contribution in [2.75, 3.05) is 0 Å². The Balaban J connectivity index is 0.00000242. The minimum atomic E-state index is -0.445. The lowest BCUT2D eigenvalue weighted by Gasteiger charge is -2.30. The van der Waals surface area contributed by atoms with E-state index in [4.69, 9.17) is 10.5 Å². The minimum absolute atomic E-state index is 0. The molecule has 2 atom stereocenters. The summed E-state index contributed by atoms with van der Waals surface area (Å²) in [6, 6.07) is 7.51. The second kappa shape index (κ2) is 8.19. The van der Waals surface area contributed by atoms with Gasteiger partial charge < -0.3 is 15.6 Å². The maximum atomic E-state index is 10.5. The van der Waals surface area contributed by atoms with Gasteiger partial charge in [0.1, 0.15) is 11.4 Å². The zero-order valence-electron chi connectivity index (χ0n) is 13.9. The lowest BCUT2D eigenvalue weighted by atomic mass is 9.81. The lowest BCUT2D eigenvalue weighted by molar-refractivity contribution is 0.0617. The van der Waals surface area contributed by atoms with Crippen LogP contribution in [0.2, 0.25) is 0 Å². The van der Waals surface area contributed by atoms with Gasteiger partial charge in [-0.3, -0.25) is 0 Å². The van der Waals surface area contributed by atoms with E-state index in [2.05, 4.69) is 0 Å². The first-order valence-electron chi connectivity index (χ1n) is 8.09. The molecule has 0 spiro atoms. The van der Waals surface area contributed by atoms with Gasteiger partial charge >= 0.3 is 0 Å². The molecule has 2 rings (SSSR count). The standard InChI is InChI=1S/C18H29NO2.ClH/c1-18(2,3)21-15-11-9-13(10-12-15)16(19)17(20)14-7-5-4-6-8-14;/h9-12,14,16-17,20H,4-8,19H2,1-3H3;1H/t16-,17+;/m0./s1. The molecule has 1 aromatic rings. The lowest BCUT2D eigenvalue weighted by Crippen LogP contribution is -2.34. The Morgan fingerprint density at radius 2 is 1.64 bits per heavy atom. The highest BCUT2D eigenvalue weighted by Gasteiger charge is 2.27. The van der Waals surface area contributed by atoms with Crippen molar-refractivity contribution in [3.05, 3.63) is 29.8 Å². The summed E-state index contributed by atoms with van der Waals surface area (Å²) in [5.41, 5.74) is 7.03. The van der Waals surface area contributed by atoms with Crippen molar-refractivity contribution in [2.45, 2.75) is 70.6 Å². The second-order valence-electron chi connectivity index (χ2n) is 7.20. The van der Waals surface area contributed by atoms with Crippen LogP contribution in [0, 0.1) is 5.92 Å². The van der Waals surface area contributed by atoms with Crippen LogP contribution in [0.4, 0.5) is 0 Å². The molecule has 1 aliphatic carbocycles. The predicted octanol–water partition coefficient (Wildman–Crippen LogP) is 4.23. The fourth-order valence-corrected chi connectivity index (χ4v) is 3.08. The van der Waals surface area contributed by atoms with Crippen LogP contribution in [-0.4, -0.2) is 16.8 Å². The number of hydrogen-bond donors (Lipinski definition) is 2. The van der Waals surface area contributed by atoms with Crippen molar-refractivity contribution < 1.29 is 9.84 Å². The van der Waals surface area contributed by atoms with E-state index in [9.17, 15) is 5.11 Å². The molecule has 4 heteroatoms. The molecule has 1 aliphatic rings. The highest BCUT2D eigenvalue weighted by molar-refractivity contribution is 5.85. The van der Waals surface area contributed by atoms with E-state index < -0.39 is 6.10 Å². The van der Waals surface area contributed by atoms with Gasteiger partial charge in [-0.25, -0.2) is 0 Å². The normalized spacial score (nSPS) is 19.1. The van der Waals surface area contributed by atoms with Gasteiger partial charge in [-0.2, -0.15) is 0 Å². The molecule has 1 aromatic carbocycles. The van der Waals surface area contributed by atoms with Gasteiger partial charge in [0, 0.05) is 0 Å². The third kappa shape index (κ3) is 5.45. The van der Waals surface area contributed by atoms with E-state index in [1.165, 1.54) is 19.3 Å². The monoisotopic (exact) mass is 327 g/mol. The maximum Gasteiger partial charge on any atom is 0.120 e. The van der Waals surface area contributed by atoms with Crippen molar-refractivity contribution in [1.82, 2.24) is 0 Å². The summed E-state index contributed by atoms with van der Waals surface area (Å²) in [7, 11) is 0. The summed E-state index contributed by atoms with van der Waals surface area (Å²) in [5.74, 6) is 1.19. The van der Waals surface area contributed by atoms with Gasteiger partial charge in [-0.05, 0) is 57.2 Å². The van der Waals surface area contributed by atoms with Crippen molar-refractivity contribution >= 4 is 12.4 Å². The molecule has 0 aliphatic heterocycles. The van der Waals surface area contributed by atoms with Crippen molar-refractivity contribution in [2.24, 2.45) is 11.7 Å². The van der Waals surface area contributed by atoms with E-state index in [1.54, 1.807) is 0 Å². The molecule has 3 nitrogen and oxygen atoms in total. The quantitative estimate of drug-likeness (QED) is 0.870. The molecule has 0 radical (unpaired) electrons. The number of aliphatic hydroxyl groups excluding tert-OH is 1. The Morgan fingerprint density at radius 1 is 1.09 bits per heavy atom. The summed E-state index contributed by atoms with van der Waals surface area (Å²) >= 11 is 0. The van der Waals surface area contributed by atoms with Crippen LogP contribution in [0.5, 0.6) is 5.75 Å². The SMILES string of the molecule is CC(C)(C)Oc1ccc([C@H](N)[C@H](O)C2CCCCC2)cc1.Cl. The Bertz CT molecular complexity index is 435. The van der Waals surface area contributed by atoms with E-state index in [-0.39, 0.29) is 24.0 Å². The van der Waals surface area contributed by atoms with Crippen LogP contribution in [0.15, 0.2) is 24.3 Å². The smallest absolute Gasteiger partial charge is 0.120 e. The highest BCUT2D eigenvalue weighted by atomic mass is 35.5. The van der Waals surface area contributed by atoms with Crippen molar-refractivity contribution in [3.63, 3.8) is 0 Å². The highest BCUT2D eigenvalue weighted by Crippen LogP contribution is 2.32. The topological polar surface area (TPSA) is 55.5 Å². The summed E-state index contributed by atoms with van der Waals surface area (Å²) in [6.45, 7) is 6.08. The number of rotatable bonds is 4. The molecule has 22 heavy (non-hydrogen) atoms. The molecule has 0 saturated heterocycles. The average molecular weight is 328 g/mol. The molecule has 0 unspecified atom stereocenters. The second-order valence-corrected chi connectivity index (χ2v) is 7.20. The number of nitrogens with two attached hydrogens (primary N) is 1. The Hall–Kier alpha value is -0.770. The van der Waals surface area contributed by atoms with Gasteiger partial charge in [-0.15, -0.1) is 12.4 Å². The number of halogens is 1. The molecule has 0 amide bonds. The molecule has 0 heterocycles. The fourth-order valence-electron chi connectivity index (χ4n) is 3.08. The molecule has 3 N–H and O–H groups in total. The number of hydrogen-bond acceptors (Lipinski definition) is 3. The zero-order valence-corrected chi connectivity index (χ0v) is 14.7. The van der Waals surface area contributed by atoms with Crippen LogP contribution in [0.1, 0.15) is 64.5 Å². The van der Waals surface area contributed by atoms with Gasteiger partial charge in [0.05, 0.1) is 12.1 Å². The molecule has 1 fully saturated rings. The fraction of sp³-hybridized carbons (Fsp3) is 0.667. The molecular formula is C18H30ClNO2. The largest absolute Gasteiger partial charge is 0.488 e. The van der Waals surface area contributed by atoms with E-state index >= 15 is 0 Å². The van der Waals surface area contributed by atoms with Crippen LogP contribution in [0.3, 0.4) is 0 Å². The Morgan fingerprint density at radius 3 is 2.14 bits per heavy atom. The van der Waals surface area contributed by atoms with Crippen LogP contribution < -0.4 is 10.5 Å². The minimum Gasteiger partial charge on any atom is -0.488 e. The van der Waals surface area contributed by atoms with Crippen molar-refractivity contribution in [1.29, 1.82) is 0 Å². The Labute approximate surface area is 140 Å². The molecule has 0 aromatic heterocycles. The van der Waals surface area contributed by atoms with Gasteiger partial charge in [0.25, 0.3) is 0 Å². The maximum absolute atomic E-state index is 10.5. The molecule has 1 saturated carbocycles. The molecular weight excluding hydrogens is 298 g/mol. The van der Waals surface area contributed by atoms with Crippen LogP contribution in [0.25, 0.3) is 0 Å². The van der Waals surface area contributed by atoms with E-state index in [0.717, 1.165) is 24.2 Å². The summed E-state index contributed by atoms with van der Waals surface area (Å²) in [4.78, 5) is 0. The first kappa shape index (κ1) is 19.3. The van der Waals surface area contributed by atoms with Gasteiger partial charge in [0.2, 0.25) is 0 Å². The third-order valence-electron chi connectivity index (χ3n) is 4.19. The number of aliphatic hydroxyl groups is 1. The summed E-state index contributed by atoms with van der Waals surface area (Å²) in [6.07, 6.45) is 5.47. The third-order valence-corrected chi connectivity index (χ3v) is 4.19. The molecule has 126 valence electrons. The van der Waals surface area contributed by atoms with Crippen LogP contribution >= 0.6 is 12.4 Å². The van der Waals surface area contributed by atoms with Gasteiger partial charge in [-0.1, -0.05) is 31.4 Å². The molecule has 0 bridgehead atoms. The van der Waals surface area contributed by atoms with E-state index in [0.29, 0.717) is 5.92 Å². The Kier molecular flexibility index (Phi) is 7.17. The predicted molar refractivity (Wildman–Crippen MR) is 93.6 cm³/mol. The van der Waals surface area contributed by atoms with E-state index in [1.807, 2.05) is 45.0 Å². The summed E-state index contributed by atoms with van der Waals surface area (Å²) < 4.78 is 5.81. The van der Waals surface area contributed by atoms with Crippen LogP contribution in [-0.2, 0) is 0 Å². The van der Waals surface area contributed by atoms with Gasteiger partial charge in [0.15, 0.2) is 0 Å². The number of ether oxygens (including phenoxy) is 1. The first-order chi connectivity index (χ1) is 9.87. The summed E-state index contributed by atoms with van der Waals surface area (Å²) in [5, 5.41) is 10.5. The average Bonchev–Trinajstić information content (AvgIpc) is 2.46. The first-order valence-corrected chi connectivity index (χ1v) is 8.09. The van der Waals surface area contributed by atoms with Crippen molar-refractivity contribution in [3.8, 4) is 5.75 Å². The number of benzene rings is 1.